The monoisotopic (exact) mass is 416 g/mol. The maximum atomic E-state index is 12.4. The molecule has 1 aromatic heterocycles. The highest BCUT2D eigenvalue weighted by molar-refractivity contribution is 7.98. The summed E-state index contributed by atoms with van der Waals surface area (Å²) in [6, 6.07) is 21.0. The minimum atomic E-state index is -0.246. The number of nitrogens with zero attached hydrogens (tertiary/aromatic N) is 4. The lowest BCUT2D eigenvalue weighted by Crippen LogP contribution is -2.23. The maximum absolute atomic E-state index is 12.4. The maximum Gasteiger partial charge on any atom is 0.368 e. The molecule has 0 radical (unpaired) electrons. The SMILES string of the molecule is Cc1ccc(-c2cccc(SCc3c(C)cccc3-n3nnn(C)c3=O)c2C)cc1. The van der Waals surface area contributed by atoms with Gasteiger partial charge in [-0.2, -0.15) is 9.36 Å². The van der Waals surface area contributed by atoms with E-state index in [1.165, 1.54) is 36.5 Å². The molecule has 0 saturated heterocycles. The summed E-state index contributed by atoms with van der Waals surface area (Å²) in [5.41, 5.74) is 7.75. The standard InChI is InChI=1S/C24H24N4OS/c1-16-11-13-19(14-12-16)20-8-6-10-23(18(20)3)30-15-21-17(2)7-5-9-22(21)28-24(29)27(4)25-26-28/h5-14H,15H2,1-4H3. The van der Waals surface area contributed by atoms with Crippen molar-refractivity contribution in [1.82, 2.24) is 19.8 Å². The minimum Gasteiger partial charge on any atom is -0.244 e. The van der Waals surface area contributed by atoms with E-state index in [1.54, 1.807) is 18.8 Å². The lowest BCUT2D eigenvalue weighted by molar-refractivity contribution is 0.692. The average molecular weight is 417 g/mol. The molecular formula is C24H24N4OS. The third-order valence-electron chi connectivity index (χ3n) is 5.35. The number of aryl methyl sites for hydroxylation is 3. The number of rotatable bonds is 5. The van der Waals surface area contributed by atoms with Gasteiger partial charge in [0.15, 0.2) is 0 Å². The van der Waals surface area contributed by atoms with Crippen molar-refractivity contribution in [2.75, 3.05) is 0 Å². The molecule has 0 amide bonds. The van der Waals surface area contributed by atoms with Crippen LogP contribution in [0.25, 0.3) is 16.8 Å². The van der Waals surface area contributed by atoms with E-state index in [1.807, 2.05) is 12.1 Å². The third kappa shape index (κ3) is 3.83. The predicted octanol–water partition coefficient (Wildman–Crippen LogP) is 4.85. The summed E-state index contributed by atoms with van der Waals surface area (Å²) in [6.07, 6.45) is 0. The molecule has 0 unspecified atom stereocenters. The smallest absolute Gasteiger partial charge is 0.244 e. The van der Waals surface area contributed by atoms with E-state index < -0.39 is 0 Å². The third-order valence-corrected chi connectivity index (χ3v) is 6.54. The van der Waals surface area contributed by atoms with Gasteiger partial charge in [-0.15, -0.1) is 11.8 Å². The van der Waals surface area contributed by atoms with Crippen molar-refractivity contribution >= 4 is 11.8 Å². The van der Waals surface area contributed by atoms with Crippen LogP contribution in [0.1, 0.15) is 22.3 Å². The zero-order chi connectivity index (χ0) is 21.3. The van der Waals surface area contributed by atoms with Crippen LogP contribution in [0.5, 0.6) is 0 Å². The van der Waals surface area contributed by atoms with E-state index in [-0.39, 0.29) is 5.69 Å². The van der Waals surface area contributed by atoms with E-state index in [0.717, 1.165) is 22.6 Å². The number of hydrogen-bond donors (Lipinski definition) is 0. The van der Waals surface area contributed by atoms with Crippen molar-refractivity contribution in [3.63, 3.8) is 0 Å². The Morgan fingerprint density at radius 3 is 2.33 bits per heavy atom. The average Bonchev–Trinajstić information content (AvgIpc) is 3.07. The second kappa shape index (κ2) is 8.32. The summed E-state index contributed by atoms with van der Waals surface area (Å²) in [7, 11) is 1.61. The van der Waals surface area contributed by atoms with Crippen molar-refractivity contribution in [1.29, 1.82) is 0 Å². The highest BCUT2D eigenvalue weighted by Crippen LogP contribution is 2.34. The number of hydrogen-bond acceptors (Lipinski definition) is 4. The van der Waals surface area contributed by atoms with E-state index in [9.17, 15) is 4.79 Å². The molecule has 0 bridgehead atoms. The van der Waals surface area contributed by atoms with Crippen molar-refractivity contribution in [2.24, 2.45) is 7.05 Å². The van der Waals surface area contributed by atoms with Gasteiger partial charge in [0.2, 0.25) is 0 Å². The topological polar surface area (TPSA) is 52.7 Å². The molecule has 5 nitrogen and oxygen atoms in total. The highest BCUT2D eigenvalue weighted by atomic mass is 32.2. The van der Waals surface area contributed by atoms with Crippen LogP contribution >= 0.6 is 11.8 Å². The molecule has 1 heterocycles. The minimum absolute atomic E-state index is 0.246. The summed E-state index contributed by atoms with van der Waals surface area (Å²) in [5.74, 6) is 0.739. The quantitative estimate of drug-likeness (QED) is 0.437. The van der Waals surface area contributed by atoms with Crippen LogP contribution in [-0.2, 0) is 12.8 Å². The molecule has 0 aliphatic heterocycles. The van der Waals surface area contributed by atoms with Gasteiger partial charge in [0.05, 0.1) is 5.69 Å². The van der Waals surface area contributed by atoms with E-state index >= 15 is 0 Å². The van der Waals surface area contributed by atoms with E-state index in [2.05, 4.69) is 79.7 Å². The Morgan fingerprint density at radius 1 is 0.900 bits per heavy atom. The second-order valence-electron chi connectivity index (χ2n) is 7.45. The molecule has 0 atom stereocenters. The highest BCUT2D eigenvalue weighted by Gasteiger charge is 2.14. The Bertz CT molecular complexity index is 1260. The Hall–Kier alpha value is -3.12. The lowest BCUT2D eigenvalue weighted by atomic mass is 10.00. The zero-order valence-electron chi connectivity index (χ0n) is 17.6. The fourth-order valence-electron chi connectivity index (χ4n) is 3.50. The normalized spacial score (nSPS) is 11.1. The Morgan fingerprint density at radius 2 is 1.63 bits per heavy atom. The first kappa shape index (κ1) is 20.2. The van der Waals surface area contributed by atoms with Crippen LogP contribution in [0.4, 0.5) is 0 Å². The van der Waals surface area contributed by atoms with Gasteiger partial charge in [-0.3, -0.25) is 0 Å². The van der Waals surface area contributed by atoms with Gasteiger partial charge in [0.25, 0.3) is 0 Å². The van der Waals surface area contributed by atoms with Gasteiger partial charge < -0.3 is 0 Å². The lowest BCUT2D eigenvalue weighted by Gasteiger charge is -2.14. The van der Waals surface area contributed by atoms with Crippen molar-refractivity contribution in [3.8, 4) is 16.8 Å². The van der Waals surface area contributed by atoms with Crippen LogP contribution in [0, 0.1) is 20.8 Å². The molecule has 0 aliphatic carbocycles. The van der Waals surface area contributed by atoms with Gasteiger partial charge in [-0.25, -0.2) is 4.79 Å². The first-order valence-electron chi connectivity index (χ1n) is 9.83. The summed E-state index contributed by atoms with van der Waals surface area (Å²) in [4.78, 5) is 13.6. The van der Waals surface area contributed by atoms with Crippen molar-refractivity contribution in [3.05, 3.63) is 93.4 Å². The van der Waals surface area contributed by atoms with E-state index in [4.69, 9.17) is 0 Å². The zero-order valence-corrected chi connectivity index (χ0v) is 18.4. The molecule has 0 N–H and O–H groups in total. The summed E-state index contributed by atoms with van der Waals surface area (Å²) >= 11 is 1.78. The largest absolute Gasteiger partial charge is 0.368 e. The number of tetrazole rings is 1. The molecule has 6 heteroatoms. The van der Waals surface area contributed by atoms with Gasteiger partial charge in [0, 0.05) is 17.7 Å². The molecule has 30 heavy (non-hydrogen) atoms. The number of thioether (sulfide) groups is 1. The number of benzene rings is 3. The number of aromatic nitrogens is 4. The molecule has 0 spiro atoms. The van der Waals surface area contributed by atoms with Crippen LogP contribution in [0.3, 0.4) is 0 Å². The van der Waals surface area contributed by atoms with Gasteiger partial charge in [0.1, 0.15) is 0 Å². The Kier molecular flexibility index (Phi) is 5.59. The van der Waals surface area contributed by atoms with Crippen LogP contribution < -0.4 is 5.69 Å². The van der Waals surface area contributed by atoms with Gasteiger partial charge in [-0.05, 0) is 71.1 Å². The fourth-order valence-corrected chi connectivity index (χ4v) is 4.68. The summed E-state index contributed by atoms with van der Waals surface area (Å²) in [6.45, 7) is 6.34. The molecule has 152 valence electrons. The van der Waals surface area contributed by atoms with Gasteiger partial charge in [-0.1, -0.05) is 54.1 Å². The van der Waals surface area contributed by atoms with Crippen LogP contribution in [0.15, 0.2) is 70.4 Å². The van der Waals surface area contributed by atoms with Crippen molar-refractivity contribution in [2.45, 2.75) is 31.4 Å². The molecular weight excluding hydrogens is 392 g/mol. The molecule has 0 saturated carbocycles. The first-order valence-corrected chi connectivity index (χ1v) is 10.8. The van der Waals surface area contributed by atoms with E-state index in [0.29, 0.717) is 0 Å². The first-order chi connectivity index (χ1) is 14.5. The summed E-state index contributed by atoms with van der Waals surface area (Å²) in [5, 5.41) is 7.89. The van der Waals surface area contributed by atoms with Crippen LogP contribution in [-0.4, -0.2) is 19.8 Å². The molecule has 0 aliphatic rings. The van der Waals surface area contributed by atoms with Crippen LogP contribution in [0.2, 0.25) is 0 Å². The van der Waals surface area contributed by atoms with Crippen molar-refractivity contribution < 1.29 is 0 Å². The molecule has 3 aromatic carbocycles. The Balaban J connectivity index is 1.67. The summed E-state index contributed by atoms with van der Waals surface area (Å²) < 4.78 is 2.62. The predicted molar refractivity (Wildman–Crippen MR) is 122 cm³/mol. The van der Waals surface area contributed by atoms with Gasteiger partial charge >= 0.3 is 5.69 Å². The second-order valence-corrected chi connectivity index (χ2v) is 8.47. The fraction of sp³-hybridized carbons (Fsp3) is 0.208. The Labute approximate surface area is 180 Å². The molecule has 4 rings (SSSR count). The molecule has 4 aromatic rings. The molecule has 0 fully saturated rings.